The van der Waals surface area contributed by atoms with Gasteiger partial charge in [0, 0.05) is 25.2 Å². The lowest BCUT2D eigenvalue weighted by Crippen LogP contribution is -1.92. The number of hydrogen-bond acceptors (Lipinski definition) is 4. The first kappa shape index (κ1) is 9.92. The van der Waals surface area contributed by atoms with E-state index in [0.29, 0.717) is 11.8 Å². The molecule has 0 atom stereocenters. The predicted molar refractivity (Wildman–Crippen MR) is 54.9 cm³/mol. The SMILES string of the molecule is Cn1cnc(Oc2cc(CCl)ccn2)n1. The van der Waals surface area contributed by atoms with Gasteiger partial charge >= 0.3 is 6.01 Å². The predicted octanol–water partition coefficient (Wildman–Crippen LogP) is 1.74. The molecule has 78 valence electrons. The molecule has 0 spiro atoms. The van der Waals surface area contributed by atoms with Crippen molar-refractivity contribution in [1.29, 1.82) is 0 Å². The first-order valence-corrected chi connectivity index (χ1v) is 4.86. The van der Waals surface area contributed by atoms with Crippen molar-refractivity contribution in [2.45, 2.75) is 5.88 Å². The first-order chi connectivity index (χ1) is 7.28. The van der Waals surface area contributed by atoms with Gasteiger partial charge in [-0.05, 0) is 11.6 Å². The maximum absolute atomic E-state index is 5.69. The lowest BCUT2D eigenvalue weighted by Gasteiger charge is -2.00. The van der Waals surface area contributed by atoms with Crippen LogP contribution in [0, 0.1) is 0 Å². The highest BCUT2D eigenvalue weighted by molar-refractivity contribution is 6.17. The molecule has 0 amide bonds. The minimum Gasteiger partial charge on any atom is -0.404 e. The summed E-state index contributed by atoms with van der Waals surface area (Å²) < 4.78 is 6.89. The summed E-state index contributed by atoms with van der Waals surface area (Å²) in [7, 11) is 1.77. The number of alkyl halides is 1. The molecule has 0 radical (unpaired) electrons. The number of aromatic nitrogens is 4. The quantitative estimate of drug-likeness (QED) is 0.746. The maximum atomic E-state index is 5.69. The molecule has 0 aliphatic rings. The second kappa shape index (κ2) is 4.27. The molecule has 0 aromatic carbocycles. The summed E-state index contributed by atoms with van der Waals surface area (Å²) >= 11 is 5.69. The van der Waals surface area contributed by atoms with Crippen LogP contribution in [0.2, 0.25) is 0 Å². The van der Waals surface area contributed by atoms with Crippen molar-refractivity contribution >= 4 is 11.6 Å². The number of rotatable bonds is 3. The van der Waals surface area contributed by atoms with E-state index >= 15 is 0 Å². The zero-order valence-electron chi connectivity index (χ0n) is 8.09. The van der Waals surface area contributed by atoms with Crippen LogP contribution in [0.25, 0.3) is 0 Å². The van der Waals surface area contributed by atoms with Crippen LogP contribution in [-0.4, -0.2) is 19.7 Å². The standard InChI is InChI=1S/C9H9ClN4O/c1-14-6-12-9(13-14)15-8-4-7(5-10)2-3-11-8/h2-4,6H,5H2,1H3. The Bertz CT molecular complexity index is 457. The Labute approximate surface area is 91.7 Å². The number of ether oxygens (including phenoxy) is 1. The molecule has 5 nitrogen and oxygen atoms in total. The van der Waals surface area contributed by atoms with Gasteiger partial charge in [0.25, 0.3) is 0 Å². The van der Waals surface area contributed by atoms with Crippen LogP contribution in [0.3, 0.4) is 0 Å². The largest absolute Gasteiger partial charge is 0.404 e. The maximum Gasteiger partial charge on any atom is 0.342 e. The van der Waals surface area contributed by atoms with Gasteiger partial charge in [-0.2, -0.15) is 4.98 Å². The second-order valence-electron chi connectivity index (χ2n) is 2.94. The summed E-state index contributed by atoms with van der Waals surface area (Å²) in [5.41, 5.74) is 0.942. The summed E-state index contributed by atoms with van der Waals surface area (Å²) in [6.07, 6.45) is 3.19. The van der Waals surface area contributed by atoms with Crippen LogP contribution in [0.15, 0.2) is 24.7 Å². The number of nitrogens with zero attached hydrogens (tertiary/aromatic N) is 4. The number of pyridine rings is 1. The average molecular weight is 225 g/mol. The molecule has 2 heterocycles. The van der Waals surface area contributed by atoms with E-state index in [-0.39, 0.29) is 6.01 Å². The molecule has 2 aromatic rings. The Morgan fingerprint density at radius 3 is 3.00 bits per heavy atom. The van der Waals surface area contributed by atoms with Crippen molar-refractivity contribution in [3.8, 4) is 11.9 Å². The van der Waals surface area contributed by atoms with Gasteiger partial charge in [0.05, 0.1) is 0 Å². The first-order valence-electron chi connectivity index (χ1n) is 4.32. The molecule has 0 aliphatic carbocycles. The fourth-order valence-electron chi connectivity index (χ4n) is 1.05. The highest BCUT2D eigenvalue weighted by Crippen LogP contribution is 2.16. The molecule has 0 bridgehead atoms. The van der Waals surface area contributed by atoms with Gasteiger partial charge in [-0.25, -0.2) is 4.98 Å². The second-order valence-corrected chi connectivity index (χ2v) is 3.21. The van der Waals surface area contributed by atoms with E-state index in [2.05, 4.69) is 15.1 Å². The van der Waals surface area contributed by atoms with Gasteiger partial charge in [0.15, 0.2) is 0 Å². The zero-order valence-corrected chi connectivity index (χ0v) is 8.85. The summed E-state index contributed by atoms with van der Waals surface area (Å²) in [5.74, 6) is 0.869. The summed E-state index contributed by atoms with van der Waals surface area (Å²) in [4.78, 5) is 7.94. The molecule has 0 unspecified atom stereocenters. The molecule has 2 aromatic heterocycles. The fraction of sp³-hybridized carbons (Fsp3) is 0.222. The highest BCUT2D eigenvalue weighted by Gasteiger charge is 2.03. The topological polar surface area (TPSA) is 52.8 Å². The van der Waals surface area contributed by atoms with E-state index in [1.54, 1.807) is 30.3 Å². The monoisotopic (exact) mass is 224 g/mol. The number of halogens is 1. The Balaban J connectivity index is 2.16. The minimum absolute atomic E-state index is 0.275. The molecule has 15 heavy (non-hydrogen) atoms. The van der Waals surface area contributed by atoms with Gasteiger partial charge in [-0.1, -0.05) is 0 Å². The third-order valence-corrected chi connectivity index (χ3v) is 2.04. The molecule has 0 fully saturated rings. The van der Waals surface area contributed by atoms with Gasteiger partial charge < -0.3 is 4.74 Å². The fourth-order valence-corrected chi connectivity index (χ4v) is 1.22. The van der Waals surface area contributed by atoms with Crippen molar-refractivity contribution in [3.63, 3.8) is 0 Å². The third-order valence-electron chi connectivity index (χ3n) is 1.73. The summed E-state index contributed by atoms with van der Waals surface area (Å²) in [6, 6.07) is 3.85. The smallest absolute Gasteiger partial charge is 0.342 e. The van der Waals surface area contributed by atoms with Crippen LogP contribution in [0.1, 0.15) is 5.56 Å². The van der Waals surface area contributed by atoms with Gasteiger partial charge in [0.1, 0.15) is 6.33 Å². The Morgan fingerprint density at radius 1 is 1.47 bits per heavy atom. The average Bonchev–Trinajstić information content (AvgIpc) is 2.64. The molecule has 0 aliphatic heterocycles. The number of hydrogen-bond donors (Lipinski definition) is 0. The lowest BCUT2D eigenvalue weighted by atomic mass is 10.3. The molecule has 0 N–H and O–H groups in total. The van der Waals surface area contributed by atoms with Crippen molar-refractivity contribution in [3.05, 3.63) is 30.2 Å². The highest BCUT2D eigenvalue weighted by atomic mass is 35.5. The van der Waals surface area contributed by atoms with Crippen molar-refractivity contribution in [2.75, 3.05) is 0 Å². The van der Waals surface area contributed by atoms with Crippen LogP contribution >= 0.6 is 11.6 Å². The Kier molecular flexibility index (Phi) is 2.82. The van der Waals surface area contributed by atoms with Crippen molar-refractivity contribution in [2.24, 2.45) is 7.05 Å². The van der Waals surface area contributed by atoms with E-state index in [1.807, 2.05) is 6.07 Å². The third kappa shape index (κ3) is 2.44. The molecular weight excluding hydrogens is 216 g/mol. The van der Waals surface area contributed by atoms with E-state index in [9.17, 15) is 0 Å². The Morgan fingerprint density at radius 2 is 2.33 bits per heavy atom. The lowest BCUT2D eigenvalue weighted by molar-refractivity contribution is 0.422. The molecule has 0 saturated carbocycles. The van der Waals surface area contributed by atoms with Gasteiger partial charge in [0.2, 0.25) is 5.88 Å². The van der Waals surface area contributed by atoms with Crippen molar-refractivity contribution in [1.82, 2.24) is 19.7 Å². The van der Waals surface area contributed by atoms with Crippen LogP contribution < -0.4 is 4.74 Å². The summed E-state index contributed by atoms with van der Waals surface area (Å²) in [5, 5.41) is 3.97. The van der Waals surface area contributed by atoms with Crippen LogP contribution in [0.5, 0.6) is 11.9 Å². The number of aryl methyl sites for hydroxylation is 1. The normalized spacial score (nSPS) is 10.3. The molecular formula is C9H9ClN4O. The van der Waals surface area contributed by atoms with E-state index in [1.165, 1.54) is 0 Å². The van der Waals surface area contributed by atoms with Crippen LogP contribution in [-0.2, 0) is 12.9 Å². The zero-order chi connectivity index (χ0) is 10.7. The van der Waals surface area contributed by atoms with Gasteiger partial charge in [-0.15, -0.1) is 16.7 Å². The van der Waals surface area contributed by atoms with Crippen molar-refractivity contribution < 1.29 is 4.74 Å². The van der Waals surface area contributed by atoms with E-state index in [0.717, 1.165) is 5.56 Å². The van der Waals surface area contributed by atoms with E-state index in [4.69, 9.17) is 16.3 Å². The minimum atomic E-state index is 0.275. The summed E-state index contributed by atoms with van der Waals surface area (Å²) in [6.45, 7) is 0. The van der Waals surface area contributed by atoms with Gasteiger partial charge in [-0.3, -0.25) is 4.68 Å². The van der Waals surface area contributed by atoms with Crippen LogP contribution in [0.4, 0.5) is 0 Å². The molecule has 0 saturated heterocycles. The molecule has 6 heteroatoms. The Hall–Kier alpha value is -1.62. The van der Waals surface area contributed by atoms with E-state index < -0.39 is 0 Å². The molecule has 2 rings (SSSR count).